The van der Waals surface area contributed by atoms with Crippen molar-refractivity contribution in [1.82, 2.24) is 15.1 Å². The van der Waals surface area contributed by atoms with Gasteiger partial charge in [-0.2, -0.15) is 0 Å². The fraction of sp³-hybridized carbons (Fsp3) is 0.941. The highest BCUT2D eigenvalue weighted by molar-refractivity contribution is 5.82. The fourth-order valence-corrected chi connectivity index (χ4v) is 4.67. The Hall–Kier alpha value is -0.610. The average Bonchev–Trinajstić information content (AvgIpc) is 3.19. The quantitative estimate of drug-likeness (QED) is 0.858. The second kappa shape index (κ2) is 5.88. The third-order valence-electron chi connectivity index (χ3n) is 6.32. The van der Waals surface area contributed by atoms with Gasteiger partial charge in [0, 0.05) is 32.1 Å². The lowest BCUT2D eigenvalue weighted by molar-refractivity contribution is -0.136. The van der Waals surface area contributed by atoms with E-state index < -0.39 is 0 Å². The minimum Gasteiger partial charge on any atom is -0.342 e. The maximum absolute atomic E-state index is 12.9. The van der Waals surface area contributed by atoms with E-state index in [1.807, 2.05) is 0 Å². The van der Waals surface area contributed by atoms with Crippen molar-refractivity contribution >= 4 is 5.91 Å². The van der Waals surface area contributed by atoms with Crippen molar-refractivity contribution in [3.05, 3.63) is 0 Å². The first kappa shape index (κ1) is 15.3. The summed E-state index contributed by atoms with van der Waals surface area (Å²) in [7, 11) is 2.05. The zero-order valence-electron chi connectivity index (χ0n) is 13.9. The Morgan fingerprint density at radius 3 is 2.71 bits per heavy atom. The van der Waals surface area contributed by atoms with E-state index in [2.05, 4.69) is 36.0 Å². The van der Waals surface area contributed by atoms with Crippen LogP contribution < -0.4 is 5.32 Å². The van der Waals surface area contributed by atoms with E-state index in [-0.39, 0.29) is 0 Å². The van der Waals surface area contributed by atoms with Crippen molar-refractivity contribution in [2.24, 2.45) is 17.3 Å². The molecule has 21 heavy (non-hydrogen) atoms. The first-order valence-electron chi connectivity index (χ1n) is 8.77. The molecule has 3 fully saturated rings. The number of carbonyl (C=O) groups is 1. The summed E-state index contributed by atoms with van der Waals surface area (Å²) in [6.45, 7) is 10.1. The monoisotopic (exact) mass is 293 g/mol. The lowest BCUT2D eigenvalue weighted by Gasteiger charge is -2.41. The van der Waals surface area contributed by atoms with Crippen molar-refractivity contribution in [3.8, 4) is 0 Å². The second-order valence-corrected chi connectivity index (χ2v) is 7.54. The third-order valence-corrected chi connectivity index (χ3v) is 6.32. The molecular formula is C17H31N3O. The number of piperidine rings is 2. The summed E-state index contributed by atoms with van der Waals surface area (Å²) in [6, 6.07) is 0.444. The van der Waals surface area contributed by atoms with E-state index in [0.29, 0.717) is 29.2 Å². The zero-order chi connectivity index (χ0) is 15.0. The van der Waals surface area contributed by atoms with Crippen LogP contribution >= 0.6 is 0 Å². The maximum atomic E-state index is 12.9. The zero-order valence-corrected chi connectivity index (χ0v) is 13.9. The van der Waals surface area contributed by atoms with Crippen LogP contribution in [0.15, 0.2) is 0 Å². The summed E-state index contributed by atoms with van der Waals surface area (Å²) >= 11 is 0. The molecule has 2 heterocycles. The number of hydrogen-bond donors (Lipinski definition) is 1. The molecule has 3 aliphatic rings. The largest absolute Gasteiger partial charge is 0.342 e. The number of hydrogen-bond acceptors (Lipinski definition) is 3. The van der Waals surface area contributed by atoms with Gasteiger partial charge in [-0.05, 0) is 56.7 Å². The molecule has 0 aromatic rings. The summed E-state index contributed by atoms with van der Waals surface area (Å²) in [4.78, 5) is 17.5. The van der Waals surface area contributed by atoms with Gasteiger partial charge in [0.05, 0.1) is 0 Å². The Morgan fingerprint density at radius 1 is 1.38 bits per heavy atom. The molecule has 1 aliphatic carbocycles. The van der Waals surface area contributed by atoms with Crippen LogP contribution in [0, 0.1) is 17.3 Å². The Morgan fingerprint density at radius 2 is 2.10 bits per heavy atom. The highest BCUT2D eigenvalue weighted by Gasteiger charge is 2.58. The van der Waals surface area contributed by atoms with Crippen molar-refractivity contribution < 1.29 is 4.79 Å². The third kappa shape index (κ3) is 2.85. The van der Waals surface area contributed by atoms with Gasteiger partial charge in [0.15, 0.2) is 0 Å². The first-order valence-corrected chi connectivity index (χ1v) is 8.77. The van der Waals surface area contributed by atoms with Crippen LogP contribution in [0.3, 0.4) is 0 Å². The summed E-state index contributed by atoms with van der Waals surface area (Å²) in [6.07, 6.45) is 4.67. The number of rotatable bonds is 3. The normalized spacial score (nSPS) is 35.7. The van der Waals surface area contributed by atoms with E-state index in [1.165, 1.54) is 12.8 Å². The van der Waals surface area contributed by atoms with Crippen LogP contribution in [0.2, 0.25) is 0 Å². The number of nitrogens with one attached hydrogen (secondary N) is 1. The molecule has 1 saturated carbocycles. The Balaban J connectivity index is 1.58. The first-order chi connectivity index (χ1) is 10.1. The van der Waals surface area contributed by atoms with Gasteiger partial charge >= 0.3 is 0 Å². The molecule has 0 aromatic heterocycles. The van der Waals surface area contributed by atoms with Crippen molar-refractivity contribution in [3.63, 3.8) is 0 Å². The van der Waals surface area contributed by atoms with Crippen LogP contribution in [0.5, 0.6) is 0 Å². The number of carbonyl (C=O) groups excluding carboxylic acids is 1. The molecule has 0 bridgehead atoms. The van der Waals surface area contributed by atoms with Crippen LogP contribution in [0.25, 0.3) is 0 Å². The molecule has 3 rings (SSSR count). The maximum Gasteiger partial charge on any atom is 0.226 e. The average molecular weight is 293 g/mol. The van der Waals surface area contributed by atoms with Gasteiger partial charge in [-0.3, -0.25) is 4.79 Å². The Bertz CT molecular complexity index is 391. The summed E-state index contributed by atoms with van der Waals surface area (Å²) in [5.74, 6) is 1.34. The molecule has 2 saturated heterocycles. The molecule has 1 N–H and O–H groups in total. The summed E-state index contributed by atoms with van der Waals surface area (Å²) in [5, 5.41) is 3.42. The van der Waals surface area contributed by atoms with E-state index in [1.54, 1.807) is 0 Å². The molecule has 0 aromatic carbocycles. The van der Waals surface area contributed by atoms with Gasteiger partial charge in [-0.15, -0.1) is 0 Å². The highest BCUT2D eigenvalue weighted by atomic mass is 16.2. The molecule has 2 aliphatic heterocycles. The van der Waals surface area contributed by atoms with Crippen molar-refractivity contribution in [1.29, 1.82) is 0 Å². The molecule has 1 amide bonds. The smallest absolute Gasteiger partial charge is 0.226 e. The molecule has 3 unspecified atom stereocenters. The van der Waals surface area contributed by atoms with Gasteiger partial charge < -0.3 is 15.1 Å². The molecule has 1 spiro atoms. The second-order valence-electron chi connectivity index (χ2n) is 7.54. The van der Waals surface area contributed by atoms with Crippen LogP contribution in [-0.2, 0) is 4.79 Å². The van der Waals surface area contributed by atoms with E-state index >= 15 is 0 Å². The van der Waals surface area contributed by atoms with Crippen LogP contribution in [0.1, 0.15) is 39.5 Å². The van der Waals surface area contributed by atoms with Crippen LogP contribution in [-0.4, -0.2) is 61.5 Å². The van der Waals surface area contributed by atoms with Gasteiger partial charge in [0.2, 0.25) is 5.91 Å². The summed E-state index contributed by atoms with van der Waals surface area (Å²) < 4.78 is 0. The topological polar surface area (TPSA) is 35.6 Å². The minimum absolute atomic E-state index is 0.320. The number of likely N-dealkylation sites (tertiary alicyclic amines) is 1. The fourth-order valence-electron chi connectivity index (χ4n) is 4.67. The lowest BCUT2D eigenvalue weighted by Crippen LogP contribution is -2.51. The number of nitrogens with zero attached hydrogens (tertiary/aromatic N) is 2. The van der Waals surface area contributed by atoms with Gasteiger partial charge in [-0.1, -0.05) is 13.8 Å². The highest BCUT2D eigenvalue weighted by Crippen LogP contribution is 2.59. The van der Waals surface area contributed by atoms with Gasteiger partial charge in [0.1, 0.15) is 0 Å². The van der Waals surface area contributed by atoms with E-state index in [0.717, 1.165) is 45.6 Å². The molecule has 3 atom stereocenters. The van der Waals surface area contributed by atoms with Crippen LogP contribution in [0.4, 0.5) is 0 Å². The molecule has 4 heteroatoms. The van der Waals surface area contributed by atoms with Crippen molar-refractivity contribution in [2.45, 2.75) is 45.6 Å². The molecule has 4 nitrogen and oxygen atoms in total. The Kier molecular flexibility index (Phi) is 4.28. The SMILES string of the molecule is CCN1CCC(N(C)C(=O)C2CC23CCNCC3)C(C)C1. The lowest BCUT2D eigenvalue weighted by atomic mass is 9.90. The molecular weight excluding hydrogens is 262 g/mol. The van der Waals surface area contributed by atoms with Crippen molar-refractivity contribution in [2.75, 3.05) is 39.8 Å². The standard InChI is InChI=1S/C17H31N3O/c1-4-20-10-5-15(13(2)12-20)19(3)16(21)14-11-17(14)6-8-18-9-7-17/h13-15,18H,4-12H2,1-3H3. The van der Waals surface area contributed by atoms with E-state index in [4.69, 9.17) is 0 Å². The minimum atomic E-state index is 0.320. The molecule has 120 valence electrons. The summed E-state index contributed by atoms with van der Waals surface area (Å²) in [5.41, 5.74) is 0.365. The van der Waals surface area contributed by atoms with Gasteiger partial charge in [-0.25, -0.2) is 0 Å². The predicted octanol–water partition coefficient (Wildman–Crippen LogP) is 1.56. The van der Waals surface area contributed by atoms with Gasteiger partial charge in [0.25, 0.3) is 0 Å². The van der Waals surface area contributed by atoms with E-state index in [9.17, 15) is 4.79 Å². The molecule has 0 radical (unpaired) electrons. The predicted molar refractivity (Wildman–Crippen MR) is 85.1 cm³/mol. The Labute approximate surface area is 129 Å². The number of amides is 1.